The molecule has 8 heteroatoms. The summed E-state index contributed by atoms with van der Waals surface area (Å²) in [4.78, 5) is 22.1. The molecule has 1 saturated carbocycles. The minimum absolute atomic E-state index is 0.117. The number of carbonyl (C=O) groups excluding carboxylic acids is 1. The molecule has 0 saturated heterocycles. The van der Waals surface area contributed by atoms with Crippen molar-refractivity contribution < 1.29 is 9.18 Å². The van der Waals surface area contributed by atoms with Crippen LogP contribution in [0.25, 0.3) is 27.9 Å². The van der Waals surface area contributed by atoms with Crippen LogP contribution in [0.15, 0.2) is 36.8 Å². The fourth-order valence-corrected chi connectivity index (χ4v) is 3.93. The molecule has 5 rings (SSSR count). The molecule has 1 N–H and O–H groups in total. The highest BCUT2D eigenvalue weighted by atomic mass is 19.1. The van der Waals surface area contributed by atoms with Crippen LogP contribution in [0.4, 0.5) is 10.2 Å². The van der Waals surface area contributed by atoms with E-state index in [1.165, 1.54) is 6.20 Å². The third kappa shape index (κ3) is 2.94. The minimum atomic E-state index is -0.859. The molecule has 0 spiro atoms. The van der Waals surface area contributed by atoms with Crippen LogP contribution < -0.4 is 5.32 Å². The van der Waals surface area contributed by atoms with Gasteiger partial charge in [-0.2, -0.15) is 9.61 Å². The number of hydrogen-bond acceptors (Lipinski definition) is 5. The molecule has 2 atom stereocenters. The van der Waals surface area contributed by atoms with Crippen molar-refractivity contribution in [3.05, 3.63) is 42.4 Å². The standard InChI is InChI=1S/C22H23FN6O/c1-12(2)28-11-16(14-5-4-6-25-21(14)28)18-9-20(24-3)29-22(27-18)15(10-26-29)19(30)8-13-7-17(13)23/h4-6,9-13,17,24H,7-8H2,1-3H3/t13-,17-/m0/s1. The van der Waals surface area contributed by atoms with E-state index in [1.807, 2.05) is 18.2 Å². The van der Waals surface area contributed by atoms with Gasteiger partial charge in [-0.3, -0.25) is 4.79 Å². The normalized spacial score (nSPS) is 18.4. The highest BCUT2D eigenvalue weighted by molar-refractivity contribution is 6.02. The molecular weight excluding hydrogens is 383 g/mol. The Morgan fingerprint density at radius 1 is 1.37 bits per heavy atom. The third-order valence-electron chi connectivity index (χ3n) is 5.73. The van der Waals surface area contributed by atoms with Gasteiger partial charge in [-0.1, -0.05) is 0 Å². The monoisotopic (exact) mass is 406 g/mol. The Bertz CT molecular complexity index is 1270. The van der Waals surface area contributed by atoms with Crippen molar-refractivity contribution in [2.24, 2.45) is 5.92 Å². The Labute approximate surface area is 172 Å². The molecule has 1 fully saturated rings. The Morgan fingerprint density at radius 2 is 2.17 bits per heavy atom. The molecule has 4 heterocycles. The number of fused-ring (bicyclic) bond motifs is 2. The smallest absolute Gasteiger partial charge is 0.168 e. The van der Waals surface area contributed by atoms with Gasteiger partial charge >= 0.3 is 0 Å². The highest BCUT2D eigenvalue weighted by Gasteiger charge is 2.39. The lowest BCUT2D eigenvalue weighted by Gasteiger charge is -2.08. The summed E-state index contributed by atoms with van der Waals surface area (Å²) in [7, 11) is 1.80. The summed E-state index contributed by atoms with van der Waals surface area (Å²) >= 11 is 0. The van der Waals surface area contributed by atoms with Crippen LogP contribution in [-0.2, 0) is 0 Å². The average molecular weight is 406 g/mol. The average Bonchev–Trinajstić information content (AvgIpc) is 3.14. The van der Waals surface area contributed by atoms with E-state index in [4.69, 9.17) is 4.98 Å². The minimum Gasteiger partial charge on any atom is -0.373 e. The van der Waals surface area contributed by atoms with Crippen molar-refractivity contribution >= 4 is 28.3 Å². The molecule has 0 amide bonds. The number of hydrogen-bond donors (Lipinski definition) is 1. The van der Waals surface area contributed by atoms with E-state index in [0.717, 1.165) is 28.1 Å². The third-order valence-corrected chi connectivity index (χ3v) is 5.73. The number of pyridine rings is 1. The van der Waals surface area contributed by atoms with Gasteiger partial charge in [0, 0.05) is 54.8 Å². The maximum atomic E-state index is 13.3. The zero-order valence-electron chi connectivity index (χ0n) is 17.1. The van der Waals surface area contributed by atoms with Crippen LogP contribution in [0.2, 0.25) is 0 Å². The fourth-order valence-electron chi connectivity index (χ4n) is 3.93. The largest absolute Gasteiger partial charge is 0.373 e. The van der Waals surface area contributed by atoms with E-state index in [9.17, 15) is 9.18 Å². The van der Waals surface area contributed by atoms with Crippen molar-refractivity contribution in [1.29, 1.82) is 0 Å². The SMILES string of the molecule is CNc1cc(-c2cn(C(C)C)c3ncccc23)nc2c(C(=O)C[C@@H]3C[C@@H]3F)cnn12. The number of aromatic nitrogens is 5. The molecule has 0 aromatic carbocycles. The zero-order valence-corrected chi connectivity index (χ0v) is 17.1. The Balaban J connectivity index is 1.68. The first kappa shape index (κ1) is 18.7. The topological polar surface area (TPSA) is 77.1 Å². The van der Waals surface area contributed by atoms with Crippen molar-refractivity contribution in [2.75, 3.05) is 12.4 Å². The van der Waals surface area contributed by atoms with Crippen molar-refractivity contribution in [3.63, 3.8) is 0 Å². The number of halogens is 1. The predicted octanol–water partition coefficient (Wildman–Crippen LogP) is 4.30. The van der Waals surface area contributed by atoms with Gasteiger partial charge in [0.25, 0.3) is 0 Å². The van der Waals surface area contributed by atoms with E-state index >= 15 is 0 Å². The van der Waals surface area contributed by atoms with Gasteiger partial charge in [0.1, 0.15) is 17.6 Å². The summed E-state index contributed by atoms with van der Waals surface area (Å²) in [6.45, 7) is 4.22. The molecule has 4 aromatic rings. The molecule has 154 valence electrons. The number of ketones is 1. The highest BCUT2D eigenvalue weighted by Crippen LogP contribution is 2.38. The van der Waals surface area contributed by atoms with Crippen LogP contribution in [0.3, 0.4) is 0 Å². The van der Waals surface area contributed by atoms with E-state index < -0.39 is 6.17 Å². The van der Waals surface area contributed by atoms with E-state index in [-0.39, 0.29) is 24.2 Å². The van der Waals surface area contributed by atoms with E-state index in [0.29, 0.717) is 17.6 Å². The summed E-state index contributed by atoms with van der Waals surface area (Å²) < 4.78 is 17.0. The molecule has 30 heavy (non-hydrogen) atoms. The second kappa shape index (κ2) is 6.90. The van der Waals surface area contributed by atoms with Crippen molar-refractivity contribution in [3.8, 4) is 11.3 Å². The number of carbonyl (C=O) groups is 1. The number of Topliss-reactive ketones (excluding diaryl/α,β-unsaturated/α-hetero) is 1. The van der Waals surface area contributed by atoms with Crippen LogP contribution in [0.5, 0.6) is 0 Å². The Morgan fingerprint density at radius 3 is 2.87 bits per heavy atom. The number of rotatable bonds is 6. The van der Waals surface area contributed by atoms with Gasteiger partial charge < -0.3 is 9.88 Å². The summed E-state index contributed by atoms with van der Waals surface area (Å²) in [5.74, 6) is 0.431. The van der Waals surface area contributed by atoms with Gasteiger partial charge in [-0.05, 0) is 32.4 Å². The van der Waals surface area contributed by atoms with Crippen LogP contribution in [-0.4, -0.2) is 43.2 Å². The molecule has 0 unspecified atom stereocenters. The van der Waals surface area contributed by atoms with Crippen LogP contribution in [0, 0.1) is 5.92 Å². The number of anilines is 1. The molecule has 0 radical (unpaired) electrons. The molecular formula is C22H23FN6O. The number of alkyl halides is 1. The summed E-state index contributed by atoms with van der Waals surface area (Å²) in [5.41, 5.74) is 3.47. The molecule has 1 aliphatic rings. The first-order valence-corrected chi connectivity index (χ1v) is 10.2. The van der Waals surface area contributed by atoms with E-state index in [1.54, 1.807) is 17.8 Å². The zero-order chi connectivity index (χ0) is 21.0. The summed E-state index contributed by atoms with van der Waals surface area (Å²) in [6.07, 6.45) is 5.17. The maximum Gasteiger partial charge on any atom is 0.168 e. The fraction of sp³-hybridized carbons (Fsp3) is 0.364. The van der Waals surface area contributed by atoms with Crippen LogP contribution >= 0.6 is 0 Å². The number of nitrogens with zero attached hydrogens (tertiary/aromatic N) is 5. The predicted molar refractivity (Wildman–Crippen MR) is 114 cm³/mol. The first-order valence-electron chi connectivity index (χ1n) is 10.2. The molecule has 1 aliphatic carbocycles. The quantitative estimate of drug-likeness (QED) is 0.483. The molecule has 0 bridgehead atoms. The van der Waals surface area contributed by atoms with Gasteiger partial charge in [-0.15, -0.1) is 0 Å². The van der Waals surface area contributed by atoms with Gasteiger partial charge in [0.2, 0.25) is 0 Å². The lowest BCUT2D eigenvalue weighted by atomic mass is 10.1. The van der Waals surface area contributed by atoms with Gasteiger partial charge in [0.05, 0.1) is 17.5 Å². The second-order valence-electron chi connectivity index (χ2n) is 8.13. The first-order chi connectivity index (χ1) is 14.5. The van der Waals surface area contributed by atoms with E-state index in [2.05, 4.69) is 40.0 Å². The lowest BCUT2D eigenvalue weighted by Crippen LogP contribution is -2.05. The summed E-state index contributed by atoms with van der Waals surface area (Å²) in [5, 5.41) is 8.48. The number of nitrogens with one attached hydrogen (secondary N) is 1. The van der Waals surface area contributed by atoms with Crippen molar-refractivity contribution in [2.45, 2.75) is 38.9 Å². The van der Waals surface area contributed by atoms with Gasteiger partial charge in [-0.25, -0.2) is 14.4 Å². The lowest BCUT2D eigenvalue weighted by molar-refractivity contribution is 0.0974. The van der Waals surface area contributed by atoms with Crippen LogP contribution in [0.1, 0.15) is 43.1 Å². The molecule has 0 aliphatic heterocycles. The van der Waals surface area contributed by atoms with Crippen molar-refractivity contribution in [1.82, 2.24) is 24.1 Å². The maximum absolute atomic E-state index is 13.3. The van der Waals surface area contributed by atoms with Gasteiger partial charge in [0.15, 0.2) is 11.4 Å². The second-order valence-corrected chi connectivity index (χ2v) is 8.13. The molecule has 7 nitrogen and oxygen atoms in total. The Hall–Kier alpha value is -3.29. The summed E-state index contributed by atoms with van der Waals surface area (Å²) in [6, 6.07) is 6.09. The Kier molecular flexibility index (Phi) is 4.30. The molecule has 4 aromatic heterocycles.